The third kappa shape index (κ3) is 2.96. The van der Waals surface area contributed by atoms with Crippen molar-refractivity contribution in [3.8, 4) is 17.1 Å². The monoisotopic (exact) mass is 302 g/mol. The molecule has 2 aromatic rings. The lowest BCUT2D eigenvalue weighted by molar-refractivity contribution is 0.317. The van der Waals surface area contributed by atoms with E-state index in [1.165, 1.54) is 0 Å². The lowest BCUT2D eigenvalue weighted by Crippen LogP contribution is -2.12. The maximum Gasteiger partial charge on any atom is 0.161 e. The van der Waals surface area contributed by atoms with Gasteiger partial charge in [0.1, 0.15) is 11.6 Å². The fourth-order valence-corrected chi connectivity index (χ4v) is 3.26. The quantitative estimate of drug-likeness (QED) is 0.653. The van der Waals surface area contributed by atoms with E-state index in [2.05, 4.69) is 22.3 Å². The summed E-state index contributed by atoms with van der Waals surface area (Å²) < 4.78 is 5.59. The van der Waals surface area contributed by atoms with E-state index in [0.717, 1.165) is 52.9 Å². The SMILES string of the molecule is CCCOc1ccc(-c2nc3c(c(NN)n2)CSC3)cc1. The number of nitrogen functional groups attached to an aromatic ring is 1. The highest BCUT2D eigenvalue weighted by atomic mass is 32.2. The molecule has 0 amide bonds. The van der Waals surface area contributed by atoms with Crippen molar-refractivity contribution in [1.29, 1.82) is 0 Å². The van der Waals surface area contributed by atoms with Gasteiger partial charge < -0.3 is 10.2 Å². The third-order valence-corrected chi connectivity index (χ3v) is 4.27. The molecule has 0 saturated carbocycles. The van der Waals surface area contributed by atoms with Crippen LogP contribution in [-0.2, 0) is 11.5 Å². The zero-order valence-corrected chi connectivity index (χ0v) is 12.7. The van der Waals surface area contributed by atoms with E-state index in [1.54, 1.807) is 0 Å². The van der Waals surface area contributed by atoms with Crippen LogP contribution < -0.4 is 16.0 Å². The third-order valence-electron chi connectivity index (χ3n) is 3.30. The highest BCUT2D eigenvalue weighted by Gasteiger charge is 2.19. The van der Waals surface area contributed by atoms with E-state index in [1.807, 2.05) is 36.0 Å². The summed E-state index contributed by atoms with van der Waals surface area (Å²) in [6.45, 7) is 2.82. The van der Waals surface area contributed by atoms with Crippen LogP contribution >= 0.6 is 11.8 Å². The van der Waals surface area contributed by atoms with E-state index in [-0.39, 0.29) is 0 Å². The predicted molar refractivity (Wildman–Crippen MR) is 86.1 cm³/mol. The number of nitrogens with zero attached hydrogens (tertiary/aromatic N) is 2. The van der Waals surface area contributed by atoms with Gasteiger partial charge in [-0.25, -0.2) is 15.8 Å². The zero-order chi connectivity index (χ0) is 14.7. The van der Waals surface area contributed by atoms with Gasteiger partial charge in [0.2, 0.25) is 0 Å². The first-order chi connectivity index (χ1) is 10.3. The molecule has 0 saturated heterocycles. The molecule has 1 aliphatic heterocycles. The largest absolute Gasteiger partial charge is 0.494 e. The Labute approximate surface area is 128 Å². The van der Waals surface area contributed by atoms with Crippen LogP contribution in [0.4, 0.5) is 5.82 Å². The molecule has 1 aromatic heterocycles. The molecule has 2 heterocycles. The summed E-state index contributed by atoms with van der Waals surface area (Å²) in [7, 11) is 0. The maximum atomic E-state index is 5.59. The molecule has 0 bridgehead atoms. The van der Waals surface area contributed by atoms with Crippen LogP contribution in [0.25, 0.3) is 11.4 Å². The number of nitrogens with one attached hydrogen (secondary N) is 1. The molecule has 1 aliphatic rings. The van der Waals surface area contributed by atoms with Crippen LogP contribution in [0.5, 0.6) is 5.75 Å². The van der Waals surface area contributed by atoms with Crippen LogP contribution in [-0.4, -0.2) is 16.6 Å². The Kier molecular flexibility index (Phi) is 4.26. The standard InChI is InChI=1S/C15H18N4OS/c1-2-7-20-11-5-3-10(4-6-11)14-17-13-9-21-8-12(13)15(18-14)19-16/h3-6H,2,7-9,16H2,1H3,(H,17,18,19). The number of rotatable bonds is 5. The van der Waals surface area contributed by atoms with Crippen molar-refractivity contribution in [2.45, 2.75) is 24.9 Å². The number of hydrogen-bond donors (Lipinski definition) is 2. The molecule has 21 heavy (non-hydrogen) atoms. The number of ether oxygens (including phenoxy) is 1. The van der Waals surface area contributed by atoms with Crippen molar-refractivity contribution in [3.05, 3.63) is 35.5 Å². The van der Waals surface area contributed by atoms with Gasteiger partial charge in [0.25, 0.3) is 0 Å². The highest BCUT2D eigenvalue weighted by molar-refractivity contribution is 7.98. The Hall–Kier alpha value is -1.79. The van der Waals surface area contributed by atoms with Crippen LogP contribution in [0.2, 0.25) is 0 Å². The molecular weight excluding hydrogens is 284 g/mol. The van der Waals surface area contributed by atoms with Gasteiger partial charge in [-0.15, -0.1) is 0 Å². The Morgan fingerprint density at radius 2 is 2.05 bits per heavy atom. The fraction of sp³-hybridized carbons (Fsp3) is 0.333. The molecule has 6 heteroatoms. The number of hydrogen-bond acceptors (Lipinski definition) is 6. The van der Waals surface area contributed by atoms with Crippen molar-refractivity contribution in [2.24, 2.45) is 5.84 Å². The minimum Gasteiger partial charge on any atom is -0.494 e. The smallest absolute Gasteiger partial charge is 0.161 e. The van der Waals surface area contributed by atoms with Crippen LogP contribution in [0, 0.1) is 0 Å². The molecule has 0 spiro atoms. The second-order valence-electron chi connectivity index (χ2n) is 4.83. The van der Waals surface area contributed by atoms with E-state index in [9.17, 15) is 0 Å². The van der Waals surface area contributed by atoms with Gasteiger partial charge in [-0.2, -0.15) is 11.8 Å². The molecule has 5 nitrogen and oxygen atoms in total. The summed E-state index contributed by atoms with van der Waals surface area (Å²) in [5.41, 5.74) is 5.85. The highest BCUT2D eigenvalue weighted by Crippen LogP contribution is 2.34. The van der Waals surface area contributed by atoms with E-state index >= 15 is 0 Å². The van der Waals surface area contributed by atoms with E-state index in [4.69, 9.17) is 10.6 Å². The molecule has 0 radical (unpaired) electrons. The Morgan fingerprint density at radius 3 is 2.76 bits per heavy atom. The second-order valence-corrected chi connectivity index (χ2v) is 5.82. The topological polar surface area (TPSA) is 73.1 Å². The number of thioether (sulfide) groups is 1. The lowest BCUT2D eigenvalue weighted by atomic mass is 10.2. The number of fused-ring (bicyclic) bond motifs is 1. The minimum atomic E-state index is 0.700. The predicted octanol–water partition coefficient (Wildman–Crippen LogP) is 2.96. The second kappa shape index (κ2) is 6.32. The normalized spacial score (nSPS) is 13.0. The summed E-state index contributed by atoms with van der Waals surface area (Å²) in [6.07, 6.45) is 0.999. The Balaban J connectivity index is 1.90. The van der Waals surface area contributed by atoms with Crippen molar-refractivity contribution in [2.75, 3.05) is 12.0 Å². The van der Waals surface area contributed by atoms with Gasteiger partial charge in [-0.1, -0.05) is 6.92 Å². The van der Waals surface area contributed by atoms with Crippen molar-refractivity contribution in [3.63, 3.8) is 0 Å². The average Bonchev–Trinajstić information content (AvgIpc) is 3.01. The number of hydrazine groups is 1. The van der Waals surface area contributed by atoms with Crippen LogP contribution in [0.1, 0.15) is 24.6 Å². The molecule has 110 valence electrons. The summed E-state index contributed by atoms with van der Waals surface area (Å²) in [5.74, 6) is 9.71. The van der Waals surface area contributed by atoms with Gasteiger partial charge in [-0.3, -0.25) is 0 Å². The van der Waals surface area contributed by atoms with Gasteiger partial charge in [-0.05, 0) is 30.7 Å². The molecule has 0 aliphatic carbocycles. The number of aromatic nitrogens is 2. The Bertz CT molecular complexity index is 630. The summed E-state index contributed by atoms with van der Waals surface area (Å²) in [6, 6.07) is 7.86. The van der Waals surface area contributed by atoms with Crippen LogP contribution in [0.3, 0.4) is 0 Å². The first kappa shape index (κ1) is 14.2. The fourth-order valence-electron chi connectivity index (χ4n) is 2.22. The lowest BCUT2D eigenvalue weighted by Gasteiger charge is -2.09. The van der Waals surface area contributed by atoms with E-state index in [0.29, 0.717) is 5.82 Å². The van der Waals surface area contributed by atoms with Crippen molar-refractivity contribution >= 4 is 17.6 Å². The number of anilines is 1. The molecule has 0 unspecified atom stereocenters. The first-order valence-electron chi connectivity index (χ1n) is 6.99. The van der Waals surface area contributed by atoms with Gasteiger partial charge in [0.05, 0.1) is 12.3 Å². The molecule has 1 aromatic carbocycles. The van der Waals surface area contributed by atoms with Crippen molar-refractivity contribution < 1.29 is 4.74 Å². The molecular formula is C15H18N4OS. The molecule has 0 fully saturated rings. The maximum absolute atomic E-state index is 5.59. The van der Waals surface area contributed by atoms with Crippen LogP contribution in [0.15, 0.2) is 24.3 Å². The molecule has 0 atom stereocenters. The van der Waals surface area contributed by atoms with E-state index < -0.39 is 0 Å². The summed E-state index contributed by atoms with van der Waals surface area (Å²) >= 11 is 1.83. The molecule has 3 rings (SSSR count). The average molecular weight is 302 g/mol. The number of benzene rings is 1. The Morgan fingerprint density at radius 1 is 1.24 bits per heavy atom. The molecule has 3 N–H and O–H groups in total. The summed E-state index contributed by atoms with van der Waals surface area (Å²) in [4.78, 5) is 9.18. The van der Waals surface area contributed by atoms with Gasteiger partial charge >= 0.3 is 0 Å². The zero-order valence-electron chi connectivity index (χ0n) is 11.9. The van der Waals surface area contributed by atoms with Gasteiger partial charge in [0, 0.05) is 22.6 Å². The summed E-state index contributed by atoms with van der Waals surface area (Å²) in [5, 5.41) is 0. The number of nitrogens with two attached hydrogens (primary N) is 1. The minimum absolute atomic E-state index is 0.700. The van der Waals surface area contributed by atoms with Crippen molar-refractivity contribution in [1.82, 2.24) is 9.97 Å². The van der Waals surface area contributed by atoms with Gasteiger partial charge in [0.15, 0.2) is 5.82 Å². The first-order valence-corrected chi connectivity index (χ1v) is 8.14.